The molecule has 0 saturated heterocycles. The Hall–Kier alpha value is -2.22. The molecule has 1 aromatic carbocycles. The third-order valence-electron chi connectivity index (χ3n) is 4.19. The molecule has 27 heavy (non-hydrogen) atoms. The normalized spacial score (nSPS) is 13.9. The molecule has 0 radical (unpaired) electrons. The molecule has 7 nitrogen and oxygen atoms in total. The number of carboxylic acid groups (broad SMARTS) is 1. The van der Waals surface area contributed by atoms with E-state index in [1.165, 1.54) is 0 Å². The summed E-state index contributed by atoms with van der Waals surface area (Å²) >= 11 is 1.54. The van der Waals surface area contributed by atoms with E-state index in [-0.39, 0.29) is 18.9 Å². The van der Waals surface area contributed by atoms with E-state index in [1.807, 2.05) is 38.3 Å². The van der Waals surface area contributed by atoms with Crippen molar-refractivity contribution in [3.63, 3.8) is 0 Å². The van der Waals surface area contributed by atoms with Gasteiger partial charge in [-0.1, -0.05) is 50.6 Å². The first-order chi connectivity index (χ1) is 12.9. The second kappa shape index (κ2) is 12.2. The number of ether oxygens (including phenoxy) is 1. The minimum absolute atomic E-state index is 0.160. The SMILES string of the molecule is CC[C@H](C)[C@H](NC(=O)OCCSC)C(=O)N[C@@H](Cc1ccccc1)C(=O)O. The van der Waals surface area contributed by atoms with Gasteiger partial charge >= 0.3 is 12.1 Å². The van der Waals surface area contributed by atoms with Gasteiger partial charge in [0.25, 0.3) is 0 Å². The molecule has 0 heterocycles. The van der Waals surface area contributed by atoms with Gasteiger partial charge in [0.2, 0.25) is 5.91 Å². The highest BCUT2D eigenvalue weighted by Gasteiger charge is 2.30. The Morgan fingerprint density at radius 3 is 2.41 bits per heavy atom. The number of nitrogens with one attached hydrogen (secondary N) is 2. The zero-order valence-corrected chi connectivity index (χ0v) is 16.8. The van der Waals surface area contributed by atoms with Crippen LogP contribution in [0.3, 0.4) is 0 Å². The van der Waals surface area contributed by atoms with Gasteiger partial charge in [-0.05, 0) is 17.7 Å². The van der Waals surface area contributed by atoms with Crippen LogP contribution in [0.4, 0.5) is 4.79 Å². The van der Waals surface area contributed by atoms with Gasteiger partial charge in [-0.25, -0.2) is 9.59 Å². The average molecular weight is 397 g/mol. The van der Waals surface area contributed by atoms with Crippen molar-refractivity contribution in [2.24, 2.45) is 5.92 Å². The number of benzene rings is 1. The third kappa shape index (κ3) is 8.34. The van der Waals surface area contributed by atoms with E-state index < -0.39 is 30.1 Å². The molecular formula is C19H28N2O5S. The minimum atomic E-state index is -1.13. The Morgan fingerprint density at radius 1 is 1.19 bits per heavy atom. The second-order valence-electron chi connectivity index (χ2n) is 6.23. The number of hydrogen-bond acceptors (Lipinski definition) is 5. The highest BCUT2D eigenvalue weighted by molar-refractivity contribution is 7.98. The van der Waals surface area contributed by atoms with Crippen LogP contribution in [0.25, 0.3) is 0 Å². The average Bonchev–Trinajstić information content (AvgIpc) is 2.65. The summed E-state index contributed by atoms with van der Waals surface area (Å²) in [7, 11) is 0. The van der Waals surface area contributed by atoms with Crippen LogP contribution in [-0.2, 0) is 20.7 Å². The predicted octanol–water partition coefficient (Wildman–Crippen LogP) is 2.30. The predicted molar refractivity (Wildman–Crippen MR) is 106 cm³/mol. The molecule has 3 N–H and O–H groups in total. The van der Waals surface area contributed by atoms with Gasteiger partial charge in [0.05, 0.1) is 0 Å². The van der Waals surface area contributed by atoms with E-state index >= 15 is 0 Å². The summed E-state index contributed by atoms with van der Waals surface area (Å²) in [6.45, 7) is 3.96. The van der Waals surface area contributed by atoms with E-state index in [0.29, 0.717) is 12.2 Å². The molecule has 0 unspecified atom stereocenters. The fourth-order valence-electron chi connectivity index (χ4n) is 2.40. The number of alkyl carbamates (subject to hydrolysis) is 1. The molecule has 0 saturated carbocycles. The molecule has 8 heteroatoms. The van der Waals surface area contributed by atoms with Crippen LogP contribution in [0, 0.1) is 5.92 Å². The summed E-state index contributed by atoms with van der Waals surface area (Å²) in [5, 5.41) is 14.6. The first-order valence-electron chi connectivity index (χ1n) is 8.88. The monoisotopic (exact) mass is 396 g/mol. The van der Waals surface area contributed by atoms with Crippen molar-refractivity contribution < 1.29 is 24.2 Å². The third-order valence-corrected chi connectivity index (χ3v) is 4.76. The number of hydrogen-bond donors (Lipinski definition) is 3. The Bertz CT molecular complexity index is 611. The zero-order valence-electron chi connectivity index (χ0n) is 15.9. The largest absolute Gasteiger partial charge is 0.480 e. The summed E-state index contributed by atoms with van der Waals surface area (Å²) < 4.78 is 5.04. The zero-order chi connectivity index (χ0) is 20.2. The maximum Gasteiger partial charge on any atom is 0.407 e. The fraction of sp³-hybridized carbons (Fsp3) is 0.526. The van der Waals surface area contributed by atoms with Crippen molar-refractivity contribution in [2.45, 2.75) is 38.8 Å². The lowest BCUT2D eigenvalue weighted by atomic mass is 9.97. The molecule has 150 valence electrons. The number of carboxylic acids is 1. The molecule has 0 fully saturated rings. The van der Waals surface area contributed by atoms with Crippen LogP contribution in [0.2, 0.25) is 0 Å². The highest BCUT2D eigenvalue weighted by atomic mass is 32.2. The molecule has 0 aliphatic heterocycles. The Labute approximate surface area is 164 Å². The summed E-state index contributed by atoms with van der Waals surface area (Å²) in [4.78, 5) is 36.2. The fourth-order valence-corrected chi connectivity index (χ4v) is 2.65. The van der Waals surface area contributed by atoms with Crippen molar-refractivity contribution in [2.75, 3.05) is 18.6 Å². The molecule has 1 aromatic rings. The lowest BCUT2D eigenvalue weighted by molar-refractivity contribution is -0.142. The Kier molecular flexibility index (Phi) is 10.3. The summed E-state index contributed by atoms with van der Waals surface area (Å²) in [6.07, 6.45) is 2.02. The summed E-state index contributed by atoms with van der Waals surface area (Å²) in [5.41, 5.74) is 0.801. The number of carbonyl (C=O) groups excluding carboxylic acids is 2. The van der Waals surface area contributed by atoms with Crippen LogP contribution in [0.5, 0.6) is 0 Å². The molecule has 2 amide bonds. The molecule has 3 atom stereocenters. The van der Waals surface area contributed by atoms with Crippen molar-refractivity contribution in [3.8, 4) is 0 Å². The van der Waals surface area contributed by atoms with Crippen LogP contribution in [0.15, 0.2) is 30.3 Å². The van der Waals surface area contributed by atoms with E-state index in [1.54, 1.807) is 23.9 Å². The summed E-state index contributed by atoms with van der Waals surface area (Å²) in [5.74, 6) is -1.18. The van der Waals surface area contributed by atoms with Gasteiger partial charge in [0.1, 0.15) is 18.7 Å². The number of carbonyl (C=O) groups is 3. The molecule has 0 aliphatic carbocycles. The number of thioether (sulfide) groups is 1. The standard InChI is InChI=1S/C19H28N2O5S/c1-4-13(2)16(21-19(25)26-10-11-27-3)17(22)20-15(18(23)24)12-14-8-6-5-7-9-14/h5-9,13,15-16H,4,10-12H2,1-3H3,(H,20,22)(H,21,25)(H,23,24)/t13-,15-,16-/m0/s1. The van der Waals surface area contributed by atoms with Gasteiger partial charge in [-0.2, -0.15) is 11.8 Å². The van der Waals surface area contributed by atoms with Crippen LogP contribution >= 0.6 is 11.8 Å². The van der Waals surface area contributed by atoms with Crippen molar-refractivity contribution >= 4 is 29.7 Å². The van der Waals surface area contributed by atoms with Gasteiger partial charge in [-0.15, -0.1) is 0 Å². The molecule has 0 bridgehead atoms. The quantitative estimate of drug-likeness (QED) is 0.496. The number of amides is 2. The Morgan fingerprint density at radius 2 is 1.85 bits per heavy atom. The van der Waals surface area contributed by atoms with Gasteiger partial charge in [0, 0.05) is 12.2 Å². The minimum Gasteiger partial charge on any atom is -0.480 e. The summed E-state index contributed by atoms with van der Waals surface area (Å²) in [6, 6.07) is 7.11. The molecule has 0 aromatic heterocycles. The van der Waals surface area contributed by atoms with Gasteiger partial charge in [0.15, 0.2) is 0 Å². The van der Waals surface area contributed by atoms with E-state index in [9.17, 15) is 19.5 Å². The maximum absolute atomic E-state index is 12.7. The lowest BCUT2D eigenvalue weighted by Crippen LogP contribution is -2.54. The number of rotatable bonds is 11. The molecule has 1 rings (SSSR count). The van der Waals surface area contributed by atoms with Crippen LogP contribution in [0.1, 0.15) is 25.8 Å². The maximum atomic E-state index is 12.7. The van der Waals surface area contributed by atoms with Gasteiger partial charge in [-0.3, -0.25) is 4.79 Å². The van der Waals surface area contributed by atoms with Crippen molar-refractivity contribution in [3.05, 3.63) is 35.9 Å². The van der Waals surface area contributed by atoms with Crippen LogP contribution < -0.4 is 10.6 Å². The van der Waals surface area contributed by atoms with E-state index in [2.05, 4.69) is 10.6 Å². The van der Waals surface area contributed by atoms with Gasteiger partial charge < -0.3 is 20.5 Å². The van der Waals surface area contributed by atoms with Crippen molar-refractivity contribution in [1.29, 1.82) is 0 Å². The molecular weight excluding hydrogens is 368 g/mol. The van der Waals surface area contributed by atoms with E-state index in [0.717, 1.165) is 5.56 Å². The van der Waals surface area contributed by atoms with Crippen molar-refractivity contribution in [1.82, 2.24) is 10.6 Å². The highest BCUT2D eigenvalue weighted by Crippen LogP contribution is 2.10. The van der Waals surface area contributed by atoms with Crippen LogP contribution in [-0.4, -0.2) is 53.8 Å². The lowest BCUT2D eigenvalue weighted by Gasteiger charge is -2.25. The second-order valence-corrected chi connectivity index (χ2v) is 7.21. The van der Waals surface area contributed by atoms with E-state index in [4.69, 9.17) is 4.74 Å². The first kappa shape index (κ1) is 22.8. The topological polar surface area (TPSA) is 105 Å². The molecule has 0 aliphatic rings. The number of aliphatic carboxylic acids is 1. The first-order valence-corrected chi connectivity index (χ1v) is 10.3. The molecule has 0 spiro atoms. The Balaban J connectivity index is 2.77. The smallest absolute Gasteiger partial charge is 0.407 e.